The molecule has 1 saturated heterocycles. The van der Waals surface area contributed by atoms with Gasteiger partial charge < -0.3 is 9.64 Å². The van der Waals surface area contributed by atoms with Crippen LogP contribution in [0.15, 0.2) is 59.7 Å². The van der Waals surface area contributed by atoms with Gasteiger partial charge in [0.05, 0.1) is 24.3 Å². The zero-order valence-corrected chi connectivity index (χ0v) is 15.7. The fourth-order valence-electron chi connectivity index (χ4n) is 3.23. The van der Waals surface area contributed by atoms with Gasteiger partial charge in [-0.3, -0.25) is 14.2 Å². The molecule has 1 atom stereocenters. The number of hydrogen-bond donors (Lipinski definition) is 0. The molecule has 2 aromatic carbocycles. The van der Waals surface area contributed by atoms with Crippen molar-refractivity contribution in [2.24, 2.45) is 0 Å². The Kier molecular flexibility index (Phi) is 4.85. The van der Waals surface area contributed by atoms with Crippen LogP contribution in [0.1, 0.15) is 10.9 Å². The van der Waals surface area contributed by atoms with E-state index in [1.807, 2.05) is 35.2 Å². The van der Waals surface area contributed by atoms with Crippen LogP contribution in [0, 0.1) is 0 Å². The molecule has 6 nitrogen and oxygen atoms in total. The van der Waals surface area contributed by atoms with E-state index < -0.39 is 0 Å². The van der Waals surface area contributed by atoms with Crippen molar-refractivity contribution in [2.75, 3.05) is 19.4 Å². The second kappa shape index (κ2) is 7.44. The maximum absolute atomic E-state index is 12.9. The van der Waals surface area contributed by atoms with Gasteiger partial charge in [0.2, 0.25) is 5.91 Å². The first-order valence-corrected chi connectivity index (χ1v) is 9.71. The predicted molar refractivity (Wildman–Crippen MR) is 106 cm³/mol. The maximum Gasteiger partial charge on any atom is 0.261 e. The zero-order chi connectivity index (χ0) is 18.8. The number of aromatic nitrogens is 2. The second-order valence-corrected chi connectivity index (χ2v) is 7.47. The van der Waals surface area contributed by atoms with Crippen LogP contribution in [0.3, 0.4) is 0 Å². The number of ether oxygens (including phenoxy) is 1. The van der Waals surface area contributed by atoms with Gasteiger partial charge in [-0.05, 0) is 29.8 Å². The lowest BCUT2D eigenvalue weighted by molar-refractivity contribution is -0.132. The Labute approximate surface area is 160 Å². The molecule has 0 aliphatic carbocycles. The summed E-state index contributed by atoms with van der Waals surface area (Å²) in [6.45, 7) is 0.653. The molecule has 0 radical (unpaired) electrons. The van der Waals surface area contributed by atoms with Crippen molar-refractivity contribution in [3.63, 3.8) is 0 Å². The van der Waals surface area contributed by atoms with Gasteiger partial charge in [-0.15, -0.1) is 11.8 Å². The molecule has 1 aromatic heterocycles. The third-order valence-electron chi connectivity index (χ3n) is 4.65. The average Bonchev–Trinajstić information content (AvgIpc) is 3.20. The summed E-state index contributed by atoms with van der Waals surface area (Å²) < 4.78 is 6.59. The number of thioether (sulfide) groups is 1. The molecule has 1 amide bonds. The Morgan fingerprint density at radius 2 is 2.00 bits per heavy atom. The minimum atomic E-state index is -0.193. The SMILES string of the molecule is COc1ccc(C2SCCN2C(=O)Cn2cnc3ccccc3c2=O)cc1. The number of carbonyl (C=O) groups excluding carboxylic acids is 1. The predicted octanol–water partition coefficient (Wildman–Crippen LogP) is 2.68. The van der Waals surface area contributed by atoms with Gasteiger partial charge >= 0.3 is 0 Å². The van der Waals surface area contributed by atoms with Gasteiger partial charge in [-0.1, -0.05) is 24.3 Å². The molecule has 2 heterocycles. The quantitative estimate of drug-likeness (QED) is 0.695. The van der Waals surface area contributed by atoms with Crippen molar-refractivity contribution < 1.29 is 9.53 Å². The molecule has 1 aliphatic rings. The first-order valence-electron chi connectivity index (χ1n) is 8.66. The highest BCUT2D eigenvalue weighted by atomic mass is 32.2. The Hall–Kier alpha value is -2.80. The van der Waals surface area contributed by atoms with Crippen LogP contribution in [-0.2, 0) is 11.3 Å². The number of amides is 1. The lowest BCUT2D eigenvalue weighted by atomic mass is 10.2. The van der Waals surface area contributed by atoms with Gasteiger partial charge in [0.1, 0.15) is 17.7 Å². The van der Waals surface area contributed by atoms with Gasteiger partial charge in [-0.25, -0.2) is 4.98 Å². The average molecular weight is 381 g/mol. The van der Waals surface area contributed by atoms with Crippen molar-refractivity contribution in [1.29, 1.82) is 0 Å². The van der Waals surface area contributed by atoms with Crippen LogP contribution in [0.25, 0.3) is 10.9 Å². The summed E-state index contributed by atoms with van der Waals surface area (Å²) in [5, 5.41) is 0.475. The van der Waals surface area contributed by atoms with E-state index in [2.05, 4.69) is 4.98 Å². The molecule has 27 heavy (non-hydrogen) atoms. The summed E-state index contributed by atoms with van der Waals surface area (Å²) >= 11 is 1.72. The molecule has 0 saturated carbocycles. The van der Waals surface area contributed by atoms with Crippen LogP contribution in [-0.4, -0.2) is 39.8 Å². The van der Waals surface area contributed by atoms with E-state index in [4.69, 9.17) is 4.74 Å². The van der Waals surface area contributed by atoms with E-state index >= 15 is 0 Å². The lowest BCUT2D eigenvalue weighted by Crippen LogP contribution is -2.36. The molecule has 3 aromatic rings. The highest BCUT2D eigenvalue weighted by Crippen LogP contribution is 2.38. The molecule has 0 spiro atoms. The topological polar surface area (TPSA) is 64.4 Å². The number of rotatable bonds is 4. The first kappa shape index (κ1) is 17.6. The Morgan fingerprint density at radius 3 is 2.78 bits per heavy atom. The molecular weight excluding hydrogens is 362 g/mol. The first-order chi connectivity index (χ1) is 13.2. The summed E-state index contributed by atoms with van der Waals surface area (Å²) in [6.07, 6.45) is 1.45. The fraction of sp³-hybridized carbons (Fsp3) is 0.250. The van der Waals surface area contributed by atoms with Crippen LogP contribution < -0.4 is 10.3 Å². The molecule has 0 bridgehead atoms. The van der Waals surface area contributed by atoms with Crippen LogP contribution in [0.5, 0.6) is 5.75 Å². The van der Waals surface area contributed by atoms with Crippen molar-refractivity contribution in [3.05, 3.63) is 70.8 Å². The van der Waals surface area contributed by atoms with Gasteiger partial charge in [0.25, 0.3) is 5.56 Å². The van der Waals surface area contributed by atoms with E-state index in [1.54, 1.807) is 37.1 Å². The van der Waals surface area contributed by atoms with Crippen LogP contribution >= 0.6 is 11.8 Å². The third kappa shape index (κ3) is 3.42. The zero-order valence-electron chi connectivity index (χ0n) is 14.9. The lowest BCUT2D eigenvalue weighted by Gasteiger charge is -2.24. The number of methoxy groups -OCH3 is 1. The minimum Gasteiger partial charge on any atom is -0.497 e. The van der Waals surface area contributed by atoms with Gasteiger partial charge in [0, 0.05) is 12.3 Å². The minimum absolute atomic E-state index is 0.0100. The number of benzene rings is 2. The molecule has 138 valence electrons. The Balaban J connectivity index is 1.57. The summed E-state index contributed by atoms with van der Waals surface area (Å²) in [6, 6.07) is 14.9. The number of carbonyl (C=O) groups is 1. The van der Waals surface area contributed by atoms with E-state index in [1.165, 1.54) is 10.9 Å². The summed E-state index contributed by atoms with van der Waals surface area (Å²) in [5.74, 6) is 1.57. The number of para-hydroxylation sites is 1. The maximum atomic E-state index is 12.9. The summed E-state index contributed by atoms with van der Waals surface area (Å²) in [7, 11) is 1.63. The van der Waals surface area contributed by atoms with E-state index in [9.17, 15) is 9.59 Å². The highest BCUT2D eigenvalue weighted by Gasteiger charge is 2.30. The molecule has 1 unspecified atom stereocenters. The van der Waals surface area contributed by atoms with E-state index in [-0.39, 0.29) is 23.4 Å². The van der Waals surface area contributed by atoms with Crippen molar-refractivity contribution >= 4 is 28.6 Å². The summed E-state index contributed by atoms with van der Waals surface area (Å²) in [5.41, 5.74) is 1.50. The molecule has 1 aliphatic heterocycles. The van der Waals surface area contributed by atoms with Crippen molar-refractivity contribution in [1.82, 2.24) is 14.5 Å². The largest absolute Gasteiger partial charge is 0.497 e. The van der Waals surface area contributed by atoms with Crippen LogP contribution in [0.2, 0.25) is 0 Å². The van der Waals surface area contributed by atoms with E-state index in [0.29, 0.717) is 17.4 Å². The Morgan fingerprint density at radius 1 is 1.22 bits per heavy atom. The monoisotopic (exact) mass is 381 g/mol. The Bertz CT molecular complexity index is 1030. The molecule has 7 heteroatoms. The normalized spacial score (nSPS) is 16.6. The second-order valence-electron chi connectivity index (χ2n) is 6.28. The van der Waals surface area contributed by atoms with Crippen molar-refractivity contribution in [2.45, 2.75) is 11.9 Å². The standard InChI is InChI=1S/C20H19N3O3S/c1-26-15-8-6-14(7-9-15)20-23(10-11-27-20)18(24)12-22-13-21-17-5-3-2-4-16(17)19(22)25/h2-9,13,20H,10-12H2,1H3. The highest BCUT2D eigenvalue weighted by molar-refractivity contribution is 7.99. The smallest absolute Gasteiger partial charge is 0.261 e. The third-order valence-corrected chi connectivity index (χ3v) is 5.91. The van der Waals surface area contributed by atoms with Gasteiger partial charge in [-0.2, -0.15) is 0 Å². The number of nitrogens with zero attached hydrogens (tertiary/aromatic N) is 3. The fourth-order valence-corrected chi connectivity index (χ4v) is 4.50. The summed E-state index contributed by atoms with van der Waals surface area (Å²) in [4.78, 5) is 31.7. The van der Waals surface area contributed by atoms with E-state index in [0.717, 1.165) is 17.1 Å². The van der Waals surface area contributed by atoms with Crippen LogP contribution in [0.4, 0.5) is 0 Å². The van der Waals surface area contributed by atoms with Gasteiger partial charge in [0.15, 0.2) is 0 Å². The molecule has 0 N–H and O–H groups in total. The molecule has 4 rings (SSSR count). The molecule has 1 fully saturated rings. The molecular formula is C20H19N3O3S. The number of hydrogen-bond acceptors (Lipinski definition) is 5. The van der Waals surface area contributed by atoms with Crippen molar-refractivity contribution in [3.8, 4) is 5.75 Å². The number of fused-ring (bicyclic) bond motifs is 1.